The largest absolute Gasteiger partial charge is 0.457 e. The Balaban J connectivity index is 1.66. The highest BCUT2D eigenvalue weighted by atomic mass is 35.5. The first-order valence-electron chi connectivity index (χ1n) is 10.5. The molecule has 1 saturated carbocycles. The van der Waals surface area contributed by atoms with Crippen molar-refractivity contribution in [1.29, 1.82) is 10.5 Å². The molecule has 0 spiro atoms. The van der Waals surface area contributed by atoms with Gasteiger partial charge in [0, 0.05) is 11.6 Å². The number of para-hydroxylation sites is 1. The standard InChI is InChI=1S/C26H20Cl2N2O5/c1-26(2)19(11-12-22(31)34-21(15-30)24(27)28)23(26)25(32)35-20(14-29)16-7-6-10-18(13-16)33-17-8-4-3-5-9-17/h3-13,19-20,23H,1-2H3/t19-,20+,23-/m0/s1. The maximum atomic E-state index is 12.9. The van der Waals surface area contributed by atoms with Gasteiger partial charge in [0.15, 0.2) is 4.49 Å². The van der Waals surface area contributed by atoms with Gasteiger partial charge in [0.05, 0.1) is 5.92 Å². The molecule has 3 atom stereocenters. The Bertz CT molecular complexity index is 1250. The van der Waals surface area contributed by atoms with Gasteiger partial charge < -0.3 is 14.2 Å². The van der Waals surface area contributed by atoms with Crippen LogP contribution in [0.5, 0.6) is 11.5 Å². The van der Waals surface area contributed by atoms with E-state index < -0.39 is 39.6 Å². The summed E-state index contributed by atoms with van der Waals surface area (Å²) in [7, 11) is 0. The molecular formula is C26H20Cl2N2O5. The van der Waals surface area contributed by atoms with Crippen LogP contribution >= 0.6 is 23.2 Å². The molecule has 0 saturated heterocycles. The van der Waals surface area contributed by atoms with Crippen molar-refractivity contribution in [2.24, 2.45) is 17.3 Å². The Hall–Kier alpha value is -3.78. The minimum Gasteiger partial charge on any atom is -0.457 e. The van der Waals surface area contributed by atoms with E-state index >= 15 is 0 Å². The maximum absolute atomic E-state index is 12.9. The average molecular weight is 511 g/mol. The van der Waals surface area contributed by atoms with E-state index in [9.17, 15) is 14.9 Å². The van der Waals surface area contributed by atoms with Crippen LogP contribution in [0, 0.1) is 39.9 Å². The Kier molecular flexibility index (Phi) is 8.19. The number of esters is 2. The lowest BCUT2D eigenvalue weighted by atomic mass is 10.1. The van der Waals surface area contributed by atoms with E-state index in [1.807, 2.05) is 38.1 Å². The molecule has 0 radical (unpaired) electrons. The summed E-state index contributed by atoms with van der Waals surface area (Å²) in [6, 6.07) is 19.5. The van der Waals surface area contributed by atoms with Gasteiger partial charge >= 0.3 is 11.9 Å². The normalized spacial score (nSPS) is 18.5. The number of rotatable bonds is 8. The summed E-state index contributed by atoms with van der Waals surface area (Å²) in [5.74, 6) is -1.73. The highest BCUT2D eigenvalue weighted by molar-refractivity contribution is 6.56. The first kappa shape index (κ1) is 25.8. The third kappa shape index (κ3) is 6.42. The Morgan fingerprint density at radius 2 is 1.74 bits per heavy atom. The molecule has 0 aliphatic heterocycles. The molecule has 3 rings (SSSR count). The number of allylic oxidation sites excluding steroid dienone is 2. The molecule has 2 aromatic carbocycles. The number of ether oxygens (including phenoxy) is 3. The molecule has 1 aliphatic rings. The summed E-state index contributed by atoms with van der Waals surface area (Å²) < 4.78 is 15.6. The van der Waals surface area contributed by atoms with Crippen LogP contribution in [-0.4, -0.2) is 11.9 Å². The Morgan fingerprint density at radius 3 is 2.37 bits per heavy atom. The van der Waals surface area contributed by atoms with E-state index in [0.29, 0.717) is 17.1 Å². The number of carbonyl (C=O) groups is 2. The lowest BCUT2D eigenvalue weighted by Gasteiger charge is -2.13. The minimum absolute atomic E-state index is 0.337. The third-order valence-electron chi connectivity index (χ3n) is 5.57. The quantitative estimate of drug-likeness (QED) is 0.182. The van der Waals surface area contributed by atoms with Gasteiger partial charge in [-0.05, 0) is 35.6 Å². The summed E-state index contributed by atoms with van der Waals surface area (Å²) in [5, 5.41) is 18.5. The number of halogens is 2. The smallest absolute Gasteiger partial charge is 0.336 e. The van der Waals surface area contributed by atoms with Crippen molar-refractivity contribution in [3.63, 3.8) is 0 Å². The first-order chi connectivity index (χ1) is 16.7. The van der Waals surface area contributed by atoms with Crippen molar-refractivity contribution in [2.45, 2.75) is 20.0 Å². The van der Waals surface area contributed by atoms with Gasteiger partial charge in [0.1, 0.15) is 23.6 Å². The van der Waals surface area contributed by atoms with E-state index in [2.05, 4.69) is 0 Å². The van der Waals surface area contributed by atoms with Crippen molar-refractivity contribution in [2.75, 3.05) is 0 Å². The van der Waals surface area contributed by atoms with Crippen LogP contribution in [0.3, 0.4) is 0 Å². The molecule has 1 aliphatic carbocycles. The molecule has 178 valence electrons. The minimum atomic E-state index is -1.14. The molecule has 9 heteroatoms. The fourth-order valence-corrected chi connectivity index (χ4v) is 3.79. The van der Waals surface area contributed by atoms with Gasteiger partial charge in [-0.3, -0.25) is 4.79 Å². The highest BCUT2D eigenvalue weighted by Gasteiger charge is 2.61. The van der Waals surface area contributed by atoms with Gasteiger partial charge in [0.25, 0.3) is 0 Å². The first-order valence-corrected chi connectivity index (χ1v) is 11.2. The molecule has 0 amide bonds. The van der Waals surface area contributed by atoms with Crippen molar-refractivity contribution < 1.29 is 23.8 Å². The summed E-state index contributed by atoms with van der Waals surface area (Å²) >= 11 is 10.9. The average Bonchev–Trinajstić information content (AvgIpc) is 3.40. The van der Waals surface area contributed by atoms with Gasteiger partial charge in [-0.15, -0.1) is 0 Å². The summed E-state index contributed by atoms with van der Waals surface area (Å²) in [5.41, 5.74) is -0.0401. The second kappa shape index (κ2) is 11.1. The summed E-state index contributed by atoms with van der Waals surface area (Å²) in [4.78, 5) is 24.8. The zero-order valence-electron chi connectivity index (χ0n) is 18.8. The summed E-state index contributed by atoms with van der Waals surface area (Å²) in [6.07, 6.45) is 1.46. The van der Waals surface area contributed by atoms with Crippen molar-refractivity contribution >= 4 is 35.1 Å². The second-order valence-corrected chi connectivity index (χ2v) is 9.19. The lowest BCUT2D eigenvalue weighted by Crippen LogP contribution is -2.14. The number of nitriles is 2. The molecule has 0 aromatic heterocycles. The number of hydrogen-bond acceptors (Lipinski definition) is 7. The predicted octanol–water partition coefficient (Wildman–Crippen LogP) is 6.13. The monoisotopic (exact) mass is 510 g/mol. The van der Waals surface area contributed by atoms with Crippen molar-refractivity contribution in [1.82, 2.24) is 0 Å². The number of hydrogen-bond donors (Lipinski definition) is 0. The highest BCUT2D eigenvalue weighted by Crippen LogP contribution is 2.59. The number of benzene rings is 2. The van der Waals surface area contributed by atoms with Crippen molar-refractivity contribution in [3.05, 3.63) is 82.6 Å². The molecule has 0 heterocycles. The van der Waals surface area contributed by atoms with Crippen LogP contribution in [0.25, 0.3) is 0 Å². The molecular weight excluding hydrogens is 491 g/mol. The lowest BCUT2D eigenvalue weighted by molar-refractivity contribution is -0.149. The molecule has 7 nitrogen and oxygen atoms in total. The van der Waals surface area contributed by atoms with E-state index in [4.69, 9.17) is 42.7 Å². The van der Waals surface area contributed by atoms with Crippen LogP contribution < -0.4 is 4.74 Å². The number of carbonyl (C=O) groups excluding carboxylic acids is 2. The number of nitrogens with zero attached hydrogens (tertiary/aromatic N) is 2. The van der Waals surface area contributed by atoms with Gasteiger partial charge in [-0.2, -0.15) is 10.5 Å². The second-order valence-electron chi connectivity index (χ2n) is 8.24. The van der Waals surface area contributed by atoms with Crippen molar-refractivity contribution in [3.8, 4) is 23.6 Å². The van der Waals surface area contributed by atoms with E-state index in [-0.39, 0.29) is 5.92 Å². The molecule has 2 aromatic rings. The Morgan fingerprint density at radius 1 is 1.06 bits per heavy atom. The van der Waals surface area contributed by atoms with Gasteiger partial charge in [0.2, 0.25) is 11.9 Å². The van der Waals surface area contributed by atoms with Crippen LogP contribution in [0.2, 0.25) is 0 Å². The fourth-order valence-electron chi connectivity index (χ4n) is 3.63. The third-order valence-corrected chi connectivity index (χ3v) is 5.91. The molecule has 0 bridgehead atoms. The van der Waals surface area contributed by atoms with E-state index in [1.165, 1.54) is 6.08 Å². The molecule has 35 heavy (non-hydrogen) atoms. The Labute approximate surface area is 212 Å². The topological polar surface area (TPSA) is 109 Å². The van der Waals surface area contributed by atoms with Crippen LogP contribution in [-0.2, 0) is 19.1 Å². The molecule has 1 fully saturated rings. The van der Waals surface area contributed by atoms with Crippen LogP contribution in [0.15, 0.2) is 77.0 Å². The maximum Gasteiger partial charge on any atom is 0.336 e. The fraction of sp³-hybridized carbons (Fsp3) is 0.231. The van der Waals surface area contributed by atoms with Gasteiger partial charge in [-0.25, -0.2) is 4.79 Å². The van der Waals surface area contributed by atoms with Gasteiger partial charge in [-0.1, -0.05) is 73.5 Å². The van der Waals surface area contributed by atoms with Crippen LogP contribution in [0.1, 0.15) is 25.5 Å². The zero-order valence-corrected chi connectivity index (χ0v) is 20.3. The summed E-state index contributed by atoms with van der Waals surface area (Å²) in [6.45, 7) is 3.68. The zero-order chi connectivity index (χ0) is 25.6. The van der Waals surface area contributed by atoms with E-state index in [1.54, 1.807) is 42.5 Å². The SMILES string of the molecule is CC1(C)[C@H](C(=O)O[C@H](C#N)c2cccc(Oc3ccccc3)c2)[C@@H]1C=CC(=O)OC(C#N)=C(Cl)Cl. The molecule has 0 N–H and O–H groups in total. The van der Waals surface area contributed by atoms with E-state index in [0.717, 1.165) is 6.08 Å². The van der Waals surface area contributed by atoms with Crippen LogP contribution in [0.4, 0.5) is 0 Å². The predicted molar refractivity (Wildman–Crippen MR) is 128 cm³/mol. The molecule has 0 unspecified atom stereocenters.